The van der Waals surface area contributed by atoms with Gasteiger partial charge in [-0.2, -0.15) is 0 Å². The van der Waals surface area contributed by atoms with Gasteiger partial charge in [-0.25, -0.2) is 0 Å². The van der Waals surface area contributed by atoms with E-state index >= 15 is 0 Å². The first kappa shape index (κ1) is 6.35. The molecule has 10 heavy (non-hydrogen) atoms. The highest BCUT2D eigenvalue weighted by molar-refractivity contribution is 5.88. The molecule has 2 heteroatoms. The van der Waals surface area contributed by atoms with E-state index in [2.05, 4.69) is 5.32 Å². The van der Waals surface area contributed by atoms with E-state index in [-0.39, 0.29) is 6.04 Å². The van der Waals surface area contributed by atoms with Crippen LogP contribution in [-0.4, -0.2) is 18.4 Å². The third-order valence-electron chi connectivity index (χ3n) is 2.38. The van der Waals surface area contributed by atoms with Gasteiger partial charge in [0.15, 0.2) is 5.78 Å². The molecule has 1 saturated heterocycles. The Morgan fingerprint density at radius 1 is 1.30 bits per heavy atom. The van der Waals surface area contributed by atoms with E-state index in [1.807, 2.05) is 0 Å². The summed E-state index contributed by atoms with van der Waals surface area (Å²) in [5, 5.41) is 3.23. The first-order valence-corrected chi connectivity index (χ1v) is 4.15. The van der Waals surface area contributed by atoms with Gasteiger partial charge < -0.3 is 5.32 Å². The summed E-state index contributed by atoms with van der Waals surface area (Å²) in [7, 11) is 0. The first-order chi connectivity index (χ1) is 4.88. The maximum atomic E-state index is 11.3. The standard InChI is InChI=1S/C8H13NO/c10-8(6-3-4-6)7-2-1-5-9-7/h6-7,9H,1-5H2/t7-/m0/s1. The highest BCUT2D eigenvalue weighted by Gasteiger charge is 2.35. The summed E-state index contributed by atoms with van der Waals surface area (Å²) in [6.45, 7) is 1.04. The molecule has 1 heterocycles. The summed E-state index contributed by atoms with van der Waals surface area (Å²) in [4.78, 5) is 11.3. The highest BCUT2D eigenvalue weighted by atomic mass is 16.1. The van der Waals surface area contributed by atoms with Crippen molar-refractivity contribution in [2.24, 2.45) is 5.92 Å². The largest absolute Gasteiger partial charge is 0.307 e. The number of hydrogen-bond donors (Lipinski definition) is 1. The lowest BCUT2D eigenvalue weighted by Gasteiger charge is -2.05. The van der Waals surface area contributed by atoms with Gasteiger partial charge in [0.2, 0.25) is 0 Å². The van der Waals surface area contributed by atoms with E-state index in [9.17, 15) is 4.79 Å². The van der Waals surface area contributed by atoms with Gasteiger partial charge in [0.25, 0.3) is 0 Å². The third-order valence-corrected chi connectivity index (χ3v) is 2.38. The molecular formula is C8H13NO. The lowest BCUT2D eigenvalue weighted by atomic mass is 10.1. The Hall–Kier alpha value is -0.370. The zero-order chi connectivity index (χ0) is 6.97. The topological polar surface area (TPSA) is 29.1 Å². The van der Waals surface area contributed by atoms with Gasteiger partial charge >= 0.3 is 0 Å². The molecule has 2 nitrogen and oxygen atoms in total. The van der Waals surface area contributed by atoms with Crippen molar-refractivity contribution in [3.63, 3.8) is 0 Å². The van der Waals surface area contributed by atoms with Crippen LogP contribution >= 0.6 is 0 Å². The second-order valence-electron chi connectivity index (χ2n) is 3.33. The first-order valence-electron chi connectivity index (χ1n) is 4.15. The van der Waals surface area contributed by atoms with Crippen molar-refractivity contribution in [2.75, 3.05) is 6.54 Å². The summed E-state index contributed by atoms with van der Waals surface area (Å²) in [5.74, 6) is 0.924. The third kappa shape index (κ3) is 1.08. The molecule has 0 unspecified atom stereocenters. The van der Waals surface area contributed by atoms with Crippen molar-refractivity contribution in [1.82, 2.24) is 5.32 Å². The molecule has 1 N–H and O–H groups in total. The molecule has 0 spiro atoms. The Labute approximate surface area is 61.0 Å². The zero-order valence-electron chi connectivity index (χ0n) is 6.10. The average Bonchev–Trinajstić information content (AvgIpc) is 2.65. The molecule has 1 saturated carbocycles. The molecule has 1 aliphatic heterocycles. The van der Waals surface area contributed by atoms with Crippen LogP contribution in [0.5, 0.6) is 0 Å². The predicted octanol–water partition coefficient (Wildman–Crippen LogP) is 0.718. The Kier molecular flexibility index (Phi) is 1.49. The second-order valence-corrected chi connectivity index (χ2v) is 3.33. The molecular weight excluding hydrogens is 126 g/mol. The summed E-state index contributed by atoms with van der Waals surface area (Å²) in [6, 6.07) is 0.229. The lowest BCUT2D eigenvalue weighted by molar-refractivity contribution is -0.121. The average molecular weight is 139 g/mol. The minimum absolute atomic E-state index is 0.229. The summed E-state index contributed by atoms with van der Waals surface area (Å²) in [5.41, 5.74) is 0. The molecule has 56 valence electrons. The van der Waals surface area contributed by atoms with Crippen molar-refractivity contribution >= 4 is 5.78 Å². The molecule has 0 aromatic heterocycles. The summed E-state index contributed by atoms with van der Waals surface area (Å²) < 4.78 is 0. The number of hydrogen-bond acceptors (Lipinski definition) is 2. The van der Waals surface area contributed by atoms with Gasteiger partial charge in [-0.3, -0.25) is 4.79 Å². The number of Topliss-reactive ketones (excluding diaryl/α,β-unsaturated/α-hetero) is 1. The summed E-state index contributed by atoms with van der Waals surface area (Å²) in [6.07, 6.45) is 4.56. The van der Waals surface area contributed by atoms with Gasteiger partial charge in [0.1, 0.15) is 0 Å². The van der Waals surface area contributed by atoms with Crippen LogP contribution in [0.15, 0.2) is 0 Å². The Morgan fingerprint density at radius 3 is 2.60 bits per heavy atom. The minimum atomic E-state index is 0.229. The molecule has 1 atom stereocenters. The lowest BCUT2D eigenvalue weighted by Crippen LogP contribution is -2.31. The minimum Gasteiger partial charge on any atom is -0.307 e. The number of ketones is 1. The monoisotopic (exact) mass is 139 g/mol. The molecule has 2 aliphatic rings. The van der Waals surface area contributed by atoms with Crippen molar-refractivity contribution in [3.05, 3.63) is 0 Å². The van der Waals surface area contributed by atoms with Gasteiger partial charge in [-0.1, -0.05) is 0 Å². The van der Waals surface area contributed by atoms with Crippen molar-refractivity contribution in [3.8, 4) is 0 Å². The van der Waals surface area contributed by atoms with Gasteiger partial charge in [-0.05, 0) is 32.2 Å². The van der Waals surface area contributed by atoms with Crippen molar-refractivity contribution in [2.45, 2.75) is 31.7 Å². The van der Waals surface area contributed by atoms with E-state index in [4.69, 9.17) is 0 Å². The van der Waals surface area contributed by atoms with Crippen molar-refractivity contribution < 1.29 is 4.79 Å². The summed E-state index contributed by atoms with van der Waals surface area (Å²) >= 11 is 0. The fourth-order valence-corrected chi connectivity index (χ4v) is 1.58. The SMILES string of the molecule is O=C(C1CC1)[C@@H]1CCCN1. The van der Waals surface area contributed by atoms with Crippen LogP contribution in [0.1, 0.15) is 25.7 Å². The molecule has 2 fully saturated rings. The van der Waals surface area contributed by atoms with Gasteiger partial charge in [0, 0.05) is 5.92 Å². The fraction of sp³-hybridized carbons (Fsp3) is 0.875. The van der Waals surface area contributed by atoms with Crippen LogP contribution in [-0.2, 0) is 4.79 Å². The Bertz CT molecular complexity index is 145. The van der Waals surface area contributed by atoms with Crippen LogP contribution in [0.3, 0.4) is 0 Å². The highest BCUT2D eigenvalue weighted by Crippen LogP contribution is 2.32. The second kappa shape index (κ2) is 2.35. The predicted molar refractivity (Wildman–Crippen MR) is 38.8 cm³/mol. The number of carbonyl (C=O) groups excluding carboxylic acids is 1. The van der Waals surface area contributed by atoms with E-state index in [1.54, 1.807) is 0 Å². The van der Waals surface area contributed by atoms with E-state index in [0.717, 1.165) is 25.8 Å². The number of nitrogens with one attached hydrogen (secondary N) is 1. The molecule has 2 rings (SSSR count). The molecule has 0 aromatic carbocycles. The molecule has 0 radical (unpaired) electrons. The van der Waals surface area contributed by atoms with Crippen LogP contribution in [0.2, 0.25) is 0 Å². The van der Waals surface area contributed by atoms with Crippen LogP contribution < -0.4 is 5.32 Å². The van der Waals surface area contributed by atoms with E-state index in [1.165, 1.54) is 6.42 Å². The molecule has 0 aromatic rings. The molecule has 0 amide bonds. The van der Waals surface area contributed by atoms with E-state index in [0.29, 0.717) is 11.7 Å². The Balaban J connectivity index is 1.90. The van der Waals surface area contributed by atoms with Crippen molar-refractivity contribution in [1.29, 1.82) is 0 Å². The Morgan fingerprint density at radius 2 is 2.10 bits per heavy atom. The maximum absolute atomic E-state index is 11.3. The van der Waals surface area contributed by atoms with Gasteiger partial charge in [-0.15, -0.1) is 0 Å². The quantitative estimate of drug-likeness (QED) is 0.610. The van der Waals surface area contributed by atoms with E-state index < -0.39 is 0 Å². The smallest absolute Gasteiger partial charge is 0.152 e. The molecule has 1 aliphatic carbocycles. The fourth-order valence-electron chi connectivity index (χ4n) is 1.58. The zero-order valence-corrected chi connectivity index (χ0v) is 6.10. The number of rotatable bonds is 2. The van der Waals surface area contributed by atoms with Crippen LogP contribution in [0.4, 0.5) is 0 Å². The van der Waals surface area contributed by atoms with Gasteiger partial charge in [0.05, 0.1) is 6.04 Å². The molecule has 0 bridgehead atoms. The number of carbonyl (C=O) groups is 1. The van der Waals surface area contributed by atoms with Crippen LogP contribution in [0, 0.1) is 5.92 Å². The normalized spacial score (nSPS) is 32.6. The van der Waals surface area contributed by atoms with Crippen LogP contribution in [0.25, 0.3) is 0 Å². The maximum Gasteiger partial charge on any atom is 0.152 e.